The van der Waals surface area contributed by atoms with Crippen LogP contribution in [-0.4, -0.2) is 67.2 Å². The van der Waals surface area contributed by atoms with Crippen LogP contribution in [0.15, 0.2) is 97.2 Å². The van der Waals surface area contributed by atoms with Gasteiger partial charge in [0, 0.05) is 54.8 Å². The van der Waals surface area contributed by atoms with Gasteiger partial charge in [0.05, 0.1) is 23.0 Å². The lowest BCUT2D eigenvalue weighted by molar-refractivity contribution is -0.117. The fourth-order valence-corrected chi connectivity index (χ4v) is 8.15. The van der Waals surface area contributed by atoms with Crippen molar-refractivity contribution < 1.29 is 27.5 Å². The van der Waals surface area contributed by atoms with Gasteiger partial charge in [-0.15, -0.1) is 0 Å². The number of piperidine rings is 1. The summed E-state index contributed by atoms with van der Waals surface area (Å²) in [6.07, 6.45) is 3.64. The van der Waals surface area contributed by atoms with E-state index in [1.165, 1.54) is 0 Å². The lowest BCUT2D eigenvalue weighted by Gasteiger charge is -2.32. The molecule has 0 bridgehead atoms. The first-order valence-corrected chi connectivity index (χ1v) is 20.2. The number of imidazole rings is 1. The van der Waals surface area contributed by atoms with Gasteiger partial charge in [0.2, 0.25) is 0 Å². The summed E-state index contributed by atoms with van der Waals surface area (Å²) >= 11 is 12.8. The number of hydrogen-bond acceptors (Lipinski definition) is 7. The minimum atomic E-state index is -3.93. The third kappa shape index (κ3) is 9.09. The molecule has 2 amide bonds. The number of anilines is 1. The summed E-state index contributed by atoms with van der Waals surface area (Å²) in [5, 5.41) is 0.985. The quantitative estimate of drug-likeness (QED) is 0.159. The van der Waals surface area contributed by atoms with E-state index >= 15 is 0 Å². The molecule has 286 valence electrons. The summed E-state index contributed by atoms with van der Waals surface area (Å²) in [5.74, 6) is 0.947. The lowest BCUT2D eigenvalue weighted by Crippen LogP contribution is -2.42. The maximum atomic E-state index is 12.4. The molecule has 2 saturated heterocycles. The van der Waals surface area contributed by atoms with Crippen molar-refractivity contribution in [3.05, 3.63) is 119 Å². The molecule has 0 spiro atoms. The highest BCUT2D eigenvalue weighted by Gasteiger charge is 2.34. The van der Waals surface area contributed by atoms with E-state index in [1.807, 2.05) is 66.6 Å². The molecule has 2 aliphatic rings. The molecule has 2 aliphatic heterocycles. The molecule has 55 heavy (non-hydrogen) atoms. The van der Waals surface area contributed by atoms with Crippen molar-refractivity contribution in [2.24, 2.45) is 5.41 Å². The summed E-state index contributed by atoms with van der Waals surface area (Å²) in [5.41, 5.74) is 5.56. The first-order chi connectivity index (χ1) is 26.2. The second-order valence-electron chi connectivity index (χ2n) is 14.9. The summed E-state index contributed by atoms with van der Waals surface area (Å²) in [4.78, 5) is 31.0. The minimum Gasteiger partial charge on any atom is -0.490 e. The maximum Gasteiger partial charge on any atom is 0.409 e. The molecule has 0 atom stereocenters. The smallest absolute Gasteiger partial charge is 0.409 e. The highest BCUT2D eigenvalue weighted by molar-refractivity contribution is 7.92. The Morgan fingerprint density at radius 2 is 1.53 bits per heavy atom. The van der Waals surface area contributed by atoms with Crippen molar-refractivity contribution in [3.8, 4) is 33.8 Å². The number of halogens is 2. The predicted octanol–water partition coefficient (Wildman–Crippen LogP) is 8.31. The van der Waals surface area contributed by atoms with Crippen LogP contribution in [0.5, 0.6) is 5.75 Å². The monoisotopic (exact) mass is 801 g/mol. The minimum absolute atomic E-state index is 0.0303. The van der Waals surface area contributed by atoms with Crippen LogP contribution in [-0.2, 0) is 26.2 Å². The van der Waals surface area contributed by atoms with Crippen LogP contribution in [0.3, 0.4) is 0 Å². The molecule has 1 aromatic heterocycles. The zero-order valence-electron chi connectivity index (χ0n) is 30.7. The highest BCUT2D eigenvalue weighted by atomic mass is 35.5. The van der Waals surface area contributed by atoms with Gasteiger partial charge in [-0.1, -0.05) is 80.4 Å². The molecule has 1 N–H and O–H groups in total. The number of rotatable bonds is 9. The number of likely N-dealkylation sites (tertiary alicyclic amines) is 1. The fourth-order valence-electron chi connectivity index (χ4n) is 6.49. The molecule has 2 fully saturated rings. The van der Waals surface area contributed by atoms with E-state index < -0.39 is 16.1 Å². The molecular weight excluding hydrogens is 761 g/mol. The predicted molar refractivity (Wildman–Crippen MR) is 214 cm³/mol. The summed E-state index contributed by atoms with van der Waals surface area (Å²) < 4.78 is 41.5. The van der Waals surface area contributed by atoms with Crippen LogP contribution in [0, 0.1) is 5.41 Å². The van der Waals surface area contributed by atoms with Gasteiger partial charge in [-0.3, -0.25) is 4.79 Å². The highest BCUT2D eigenvalue weighted by Crippen LogP contribution is 2.33. The van der Waals surface area contributed by atoms with Gasteiger partial charge in [0.1, 0.15) is 24.2 Å². The van der Waals surface area contributed by atoms with E-state index in [0.717, 1.165) is 56.7 Å². The number of hydrogen-bond donors (Lipinski definition) is 1. The van der Waals surface area contributed by atoms with E-state index in [1.54, 1.807) is 41.3 Å². The van der Waals surface area contributed by atoms with Crippen LogP contribution in [0.25, 0.3) is 28.1 Å². The molecule has 7 rings (SSSR count). The van der Waals surface area contributed by atoms with Crippen molar-refractivity contribution in [3.63, 3.8) is 0 Å². The number of nitrogens with one attached hydrogen (secondary N) is 1. The molecule has 0 unspecified atom stereocenters. The number of ether oxygens (including phenoxy) is 2. The molecule has 0 aliphatic carbocycles. The van der Waals surface area contributed by atoms with Crippen molar-refractivity contribution in [2.75, 3.05) is 30.5 Å². The summed E-state index contributed by atoms with van der Waals surface area (Å²) in [6, 6.07) is 28.5. The first-order valence-electron chi connectivity index (χ1n) is 18.0. The zero-order chi connectivity index (χ0) is 38.9. The number of nitrogens with zero attached hydrogens (tertiary/aromatic N) is 4. The van der Waals surface area contributed by atoms with Gasteiger partial charge >= 0.3 is 16.3 Å². The van der Waals surface area contributed by atoms with Crippen LogP contribution < -0.4 is 13.8 Å². The molecule has 4 aromatic carbocycles. The third-order valence-corrected chi connectivity index (χ3v) is 11.3. The van der Waals surface area contributed by atoms with E-state index in [4.69, 9.17) is 37.7 Å². The fraction of sp³-hybridized carbons (Fsp3) is 0.293. The Hall–Kier alpha value is -5.04. The number of amides is 2. The average Bonchev–Trinajstić information content (AvgIpc) is 3.69. The van der Waals surface area contributed by atoms with Gasteiger partial charge < -0.3 is 18.9 Å². The van der Waals surface area contributed by atoms with E-state index in [-0.39, 0.29) is 24.2 Å². The van der Waals surface area contributed by atoms with Crippen molar-refractivity contribution >= 4 is 51.1 Å². The van der Waals surface area contributed by atoms with Crippen molar-refractivity contribution in [2.45, 2.75) is 46.1 Å². The Morgan fingerprint density at radius 1 is 0.891 bits per heavy atom. The average molecular weight is 803 g/mol. The summed E-state index contributed by atoms with van der Waals surface area (Å²) in [6.45, 7) is 7.45. The van der Waals surface area contributed by atoms with Gasteiger partial charge in [-0.05, 0) is 76.7 Å². The molecular formula is C41H41Cl2N5O6S. The standard InChI is InChI=1S/C41H41Cl2N5O6S/c1-41(2,3)26-53-40(50)46-20-18-34(19-21-46)54-33-15-8-29(9-16-33)28-6-4-27(5-7-28)22-38-44-37(35-17-10-30(42)23-36(35)43)24-47(38)31-11-13-32(14-12-31)48-25-39(49)45-55(48,51)52/h4-17,23-24,34H,18-22,25-26H2,1-3H3,(H,45,49). The van der Waals surface area contributed by atoms with Crippen LogP contribution >= 0.6 is 23.2 Å². The van der Waals surface area contributed by atoms with Crippen LogP contribution in [0.2, 0.25) is 10.0 Å². The van der Waals surface area contributed by atoms with Gasteiger partial charge in [-0.25, -0.2) is 18.8 Å². The number of benzene rings is 4. The number of carbonyl (C=O) groups excluding carboxylic acids is 2. The SMILES string of the molecule is CC(C)(C)COC(=O)N1CCC(Oc2ccc(-c3ccc(Cc4nc(-c5ccc(Cl)cc5Cl)cn4-c4ccc(N5CC(=O)NS5(=O)=O)cc4)cc3)cc2)CC1. The van der Waals surface area contributed by atoms with Crippen molar-refractivity contribution in [1.29, 1.82) is 0 Å². The van der Waals surface area contributed by atoms with E-state index in [9.17, 15) is 18.0 Å². The largest absolute Gasteiger partial charge is 0.490 e. The normalized spacial score (nSPS) is 15.9. The topological polar surface area (TPSA) is 123 Å². The number of carbonyl (C=O) groups is 2. The Balaban J connectivity index is 1.03. The molecule has 0 saturated carbocycles. The maximum absolute atomic E-state index is 12.4. The van der Waals surface area contributed by atoms with Crippen LogP contribution in [0.4, 0.5) is 10.5 Å². The van der Waals surface area contributed by atoms with Gasteiger partial charge in [-0.2, -0.15) is 8.42 Å². The lowest BCUT2D eigenvalue weighted by atomic mass is 9.99. The van der Waals surface area contributed by atoms with Crippen LogP contribution in [0.1, 0.15) is 45.0 Å². The summed E-state index contributed by atoms with van der Waals surface area (Å²) in [7, 11) is -3.93. The Bertz CT molecular complexity index is 2300. The Morgan fingerprint density at radius 3 is 2.13 bits per heavy atom. The molecule has 11 nitrogen and oxygen atoms in total. The zero-order valence-corrected chi connectivity index (χ0v) is 33.0. The van der Waals surface area contributed by atoms with E-state index in [0.29, 0.717) is 47.5 Å². The Kier molecular flexibility index (Phi) is 10.8. The van der Waals surface area contributed by atoms with Gasteiger partial charge in [0.25, 0.3) is 5.91 Å². The molecule has 0 radical (unpaired) electrons. The van der Waals surface area contributed by atoms with Gasteiger partial charge in [0.15, 0.2) is 0 Å². The Labute approximate surface area is 331 Å². The van der Waals surface area contributed by atoms with E-state index in [2.05, 4.69) is 24.3 Å². The van der Waals surface area contributed by atoms with Crippen molar-refractivity contribution in [1.82, 2.24) is 19.2 Å². The first kappa shape index (κ1) is 38.2. The molecule has 3 heterocycles. The number of aromatic nitrogens is 2. The second-order valence-corrected chi connectivity index (χ2v) is 17.3. The molecule has 5 aromatic rings. The third-order valence-electron chi connectivity index (χ3n) is 9.36. The second kappa shape index (κ2) is 15.6. The molecule has 14 heteroatoms.